The molecule has 0 N–H and O–H groups in total. The highest BCUT2D eigenvalue weighted by Crippen LogP contribution is 2.31. The van der Waals surface area contributed by atoms with E-state index in [1.54, 1.807) is 0 Å². The molecule has 0 aliphatic rings. The maximum Gasteiger partial charge on any atom is 0.224 e. The highest BCUT2D eigenvalue weighted by Gasteiger charge is 2.31. The topological polar surface area (TPSA) is 3.24 Å². The van der Waals surface area contributed by atoms with E-state index < -0.39 is 0 Å². The summed E-state index contributed by atoms with van der Waals surface area (Å²) in [6.07, 6.45) is 5.23. The molecule has 0 radical (unpaired) electrons. The number of nitrogens with zero attached hydrogens (tertiary/aromatic N) is 1. The van der Waals surface area contributed by atoms with Crippen molar-refractivity contribution in [2.45, 2.75) is 93.0 Å². The molecule has 0 saturated heterocycles. The molecular weight excluding hydrogens is 205 g/mol. The summed E-state index contributed by atoms with van der Waals surface area (Å²) >= 11 is 0. The molecule has 0 bridgehead atoms. The van der Waals surface area contributed by atoms with Crippen molar-refractivity contribution in [2.24, 2.45) is 5.41 Å². The highest BCUT2D eigenvalue weighted by molar-refractivity contribution is 6.56. The van der Waals surface area contributed by atoms with Crippen molar-refractivity contribution in [3.05, 3.63) is 0 Å². The second-order valence-electron chi connectivity index (χ2n) is 6.80. The van der Waals surface area contributed by atoms with Gasteiger partial charge >= 0.3 is 0 Å². The molecule has 17 heavy (non-hydrogen) atoms. The van der Waals surface area contributed by atoms with E-state index in [4.69, 9.17) is 0 Å². The average Bonchev–Trinajstić information content (AvgIpc) is 2.16. The largest absolute Gasteiger partial charge is 0.337 e. The third-order valence-corrected chi connectivity index (χ3v) is 3.98. The Labute approximate surface area is 110 Å². The van der Waals surface area contributed by atoms with E-state index in [0.717, 1.165) is 6.85 Å². The third kappa shape index (κ3) is 5.95. The molecule has 0 aromatic rings. The van der Waals surface area contributed by atoms with Gasteiger partial charge in [0.1, 0.15) is 0 Å². The third-order valence-electron chi connectivity index (χ3n) is 3.98. The molecule has 0 aromatic heterocycles. The Morgan fingerprint density at radius 2 is 1.47 bits per heavy atom. The number of hydrogen-bond donors (Lipinski definition) is 0. The summed E-state index contributed by atoms with van der Waals surface area (Å²) in [7, 11) is 0. The van der Waals surface area contributed by atoms with Crippen LogP contribution in [0.25, 0.3) is 0 Å². The number of hydrogen-bond acceptors (Lipinski definition) is 1. The lowest BCUT2D eigenvalue weighted by Gasteiger charge is -2.40. The molecule has 0 heterocycles. The Bertz CT molecular complexity index is 191. The van der Waals surface area contributed by atoms with E-state index in [0.29, 0.717) is 17.5 Å². The smallest absolute Gasteiger partial charge is 0.224 e. The molecule has 1 nitrogen and oxygen atoms in total. The second kappa shape index (κ2) is 7.46. The highest BCUT2D eigenvalue weighted by atomic mass is 15.1. The lowest BCUT2D eigenvalue weighted by atomic mass is 9.47. The summed E-state index contributed by atoms with van der Waals surface area (Å²) in [4.78, 5) is 2.71. The van der Waals surface area contributed by atoms with Crippen LogP contribution in [0.2, 0.25) is 12.6 Å². The molecule has 102 valence electrons. The Kier molecular flexibility index (Phi) is 7.47. The molecule has 0 fully saturated rings. The van der Waals surface area contributed by atoms with Gasteiger partial charge < -0.3 is 4.81 Å². The Morgan fingerprint density at radius 3 is 1.76 bits per heavy atom. The van der Waals surface area contributed by atoms with E-state index in [-0.39, 0.29) is 0 Å². The zero-order chi connectivity index (χ0) is 13.6. The molecule has 0 aliphatic carbocycles. The molecule has 0 rings (SSSR count). The van der Waals surface area contributed by atoms with Crippen LogP contribution in [0.1, 0.15) is 68.2 Å². The Hall–Kier alpha value is 0.0249. The van der Waals surface area contributed by atoms with Gasteiger partial charge in [0.2, 0.25) is 6.85 Å². The van der Waals surface area contributed by atoms with Gasteiger partial charge in [0.05, 0.1) is 0 Å². The summed E-state index contributed by atoms with van der Waals surface area (Å²) in [6.45, 7) is 19.5. The van der Waals surface area contributed by atoms with Crippen LogP contribution in [0.15, 0.2) is 0 Å². The molecule has 0 saturated carbocycles. The van der Waals surface area contributed by atoms with E-state index in [9.17, 15) is 0 Å². The minimum atomic E-state index is 0.474. The van der Waals surface area contributed by atoms with Gasteiger partial charge in [-0.25, -0.2) is 0 Å². The van der Waals surface area contributed by atoms with Gasteiger partial charge in [0.15, 0.2) is 0 Å². The molecule has 0 atom stereocenters. The summed E-state index contributed by atoms with van der Waals surface area (Å²) in [5.74, 6) is 0. The van der Waals surface area contributed by atoms with E-state index >= 15 is 0 Å². The van der Waals surface area contributed by atoms with E-state index in [1.165, 1.54) is 25.5 Å². The van der Waals surface area contributed by atoms with E-state index in [1.807, 2.05) is 0 Å². The first-order valence-electron chi connectivity index (χ1n) is 7.52. The fourth-order valence-electron chi connectivity index (χ4n) is 2.91. The van der Waals surface area contributed by atoms with Crippen molar-refractivity contribution in [3.63, 3.8) is 0 Å². The Morgan fingerprint density at radius 1 is 1.00 bits per heavy atom. The van der Waals surface area contributed by atoms with Crippen molar-refractivity contribution < 1.29 is 0 Å². The summed E-state index contributed by atoms with van der Waals surface area (Å²) in [5.41, 5.74) is 0.474. The van der Waals surface area contributed by atoms with Gasteiger partial charge in [-0.05, 0) is 17.5 Å². The van der Waals surface area contributed by atoms with Crippen LogP contribution < -0.4 is 0 Å². The summed E-state index contributed by atoms with van der Waals surface area (Å²) in [5, 5.41) is 0. The first-order chi connectivity index (χ1) is 7.75. The monoisotopic (exact) mass is 239 g/mol. The van der Waals surface area contributed by atoms with E-state index in [2.05, 4.69) is 60.2 Å². The molecule has 0 amide bonds. The van der Waals surface area contributed by atoms with Crippen molar-refractivity contribution in [3.8, 4) is 0 Å². The van der Waals surface area contributed by atoms with Crippen LogP contribution in [-0.2, 0) is 0 Å². The van der Waals surface area contributed by atoms with Crippen LogP contribution in [0.4, 0.5) is 0 Å². The van der Waals surface area contributed by atoms with Gasteiger partial charge in [0, 0.05) is 0 Å². The first-order valence-corrected chi connectivity index (χ1v) is 7.52. The average molecular weight is 239 g/mol. The predicted octanol–water partition coefficient (Wildman–Crippen LogP) is 4.94. The molecule has 2 heteroatoms. The van der Waals surface area contributed by atoms with Crippen LogP contribution >= 0.6 is 0 Å². The van der Waals surface area contributed by atoms with Gasteiger partial charge in [-0.15, -0.1) is 0 Å². The van der Waals surface area contributed by atoms with Gasteiger partial charge in [-0.3, -0.25) is 0 Å². The molecular formula is C15H34BN. The summed E-state index contributed by atoms with van der Waals surface area (Å²) < 4.78 is 0. The normalized spacial score (nSPS) is 12.9. The van der Waals surface area contributed by atoms with Crippen LogP contribution in [0.5, 0.6) is 0 Å². The maximum absolute atomic E-state index is 2.71. The van der Waals surface area contributed by atoms with Crippen molar-refractivity contribution in [1.29, 1.82) is 0 Å². The predicted molar refractivity (Wildman–Crippen MR) is 81.8 cm³/mol. The van der Waals surface area contributed by atoms with Crippen LogP contribution in [0.3, 0.4) is 0 Å². The SMILES string of the molecule is CCCB(CC(C)(C)CC)N(C(C)C)C(C)C. The summed E-state index contributed by atoms with van der Waals surface area (Å²) in [6, 6.07) is 1.30. The van der Waals surface area contributed by atoms with Gasteiger partial charge in [-0.2, -0.15) is 0 Å². The number of rotatable bonds is 8. The lowest BCUT2D eigenvalue weighted by Crippen LogP contribution is -2.49. The minimum Gasteiger partial charge on any atom is -0.337 e. The zero-order valence-electron chi connectivity index (χ0n) is 13.5. The molecule has 0 unspecified atom stereocenters. The maximum atomic E-state index is 2.71. The molecule has 0 aromatic carbocycles. The molecule has 0 spiro atoms. The quantitative estimate of drug-likeness (QED) is 0.542. The standard InChI is InChI=1S/C15H34BN/c1-9-11-16(12-15(7,8)10-2)17(13(3)4)14(5)6/h13-14H,9-12H2,1-8H3. The lowest BCUT2D eigenvalue weighted by molar-refractivity contribution is 0.287. The fourth-order valence-corrected chi connectivity index (χ4v) is 2.91. The van der Waals surface area contributed by atoms with Gasteiger partial charge in [0.25, 0.3) is 0 Å². The first kappa shape index (κ1) is 17.0. The van der Waals surface area contributed by atoms with Crippen LogP contribution in [0, 0.1) is 5.41 Å². The van der Waals surface area contributed by atoms with Gasteiger partial charge in [-0.1, -0.05) is 80.9 Å². The zero-order valence-corrected chi connectivity index (χ0v) is 13.5. The van der Waals surface area contributed by atoms with Crippen LogP contribution in [-0.4, -0.2) is 23.7 Å². The fraction of sp³-hybridized carbons (Fsp3) is 1.00. The molecule has 0 aliphatic heterocycles. The minimum absolute atomic E-state index is 0.474. The van der Waals surface area contributed by atoms with Crippen molar-refractivity contribution in [1.82, 2.24) is 4.81 Å². The Balaban J connectivity index is 4.80. The van der Waals surface area contributed by atoms with Crippen molar-refractivity contribution in [2.75, 3.05) is 0 Å². The van der Waals surface area contributed by atoms with Crippen molar-refractivity contribution >= 4 is 6.85 Å². The second-order valence-corrected chi connectivity index (χ2v) is 6.80.